The zero-order chi connectivity index (χ0) is 12.0. The fraction of sp³-hybridized carbons (Fsp3) is 0.923. The van der Waals surface area contributed by atoms with Crippen molar-refractivity contribution in [3.05, 3.63) is 0 Å². The highest BCUT2D eigenvalue weighted by Gasteiger charge is 2.45. The van der Waals surface area contributed by atoms with Crippen molar-refractivity contribution >= 4 is 0 Å². The Bertz CT molecular complexity index is 243. The first-order valence-corrected chi connectivity index (χ1v) is 6.38. The van der Waals surface area contributed by atoms with Gasteiger partial charge < -0.3 is 4.74 Å². The quantitative estimate of drug-likeness (QED) is 0.644. The zero-order valence-corrected chi connectivity index (χ0v) is 10.8. The van der Waals surface area contributed by atoms with Gasteiger partial charge in [0.1, 0.15) is 5.54 Å². The standard InChI is InChI=1S/C13H24N2O/c1-4-15-13(9-14,12-5-6-12)10-16-8-7-11(2)3/h11-12,15H,4-8,10H2,1-3H3. The van der Waals surface area contributed by atoms with Gasteiger partial charge in [0.25, 0.3) is 0 Å². The Morgan fingerprint density at radius 1 is 1.50 bits per heavy atom. The first kappa shape index (κ1) is 13.5. The molecule has 0 aromatic rings. The van der Waals surface area contributed by atoms with E-state index in [4.69, 9.17) is 4.74 Å². The summed E-state index contributed by atoms with van der Waals surface area (Å²) in [4.78, 5) is 0. The third-order valence-electron chi connectivity index (χ3n) is 3.14. The number of nitrogens with zero attached hydrogens (tertiary/aromatic N) is 1. The van der Waals surface area contributed by atoms with E-state index >= 15 is 0 Å². The topological polar surface area (TPSA) is 45.0 Å². The van der Waals surface area contributed by atoms with Crippen molar-refractivity contribution < 1.29 is 4.74 Å². The summed E-state index contributed by atoms with van der Waals surface area (Å²) in [7, 11) is 0. The predicted octanol–water partition coefficient (Wildman–Crippen LogP) is 2.33. The molecule has 1 N–H and O–H groups in total. The molecule has 1 rings (SSSR count). The van der Waals surface area contributed by atoms with Crippen LogP contribution in [0.4, 0.5) is 0 Å². The van der Waals surface area contributed by atoms with Gasteiger partial charge in [0.2, 0.25) is 0 Å². The molecule has 1 saturated carbocycles. The lowest BCUT2D eigenvalue weighted by Crippen LogP contribution is -2.50. The molecule has 0 saturated heterocycles. The molecule has 3 heteroatoms. The van der Waals surface area contributed by atoms with Crippen molar-refractivity contribution in [1.82, 2.24) is 5.32 Å². The third kappa shape index (κ3) is 3.77. The second-order valence-corrected chi connectivity index (χ2v) is 5.12. The van der Waals surface area contributed by atoms with Crippen molar-refractivity contribution in [3.63, 3.8) is 0 Å². The Hall–Kier alpha value is -0.590. The molecule has 0 radical (unpaired) electrons. The van der Waals surface area contributed by atoms with Gasteiger partial charge in [0.05, 0.1) is 12.7 Å². The van der Waals surface area contributed by atoms with Crippen molar-refractivity contribution in [2.45, 2.75) is 45.6 Å². The molecule has 16 heavy (non-hydrogen) atoms. The van der Waals surface area contributed by atoms with Crippen molar-refractivity contribution in [3.8, 4) is 6.07 Å². The average molecular weight is 224 g/mol. The second kappa shape index (κ2) is 6.22. The molecule has 0 amide bonds. The Kier molecular flexibility index (Phi) is 5.24. The summed E-state index contributed by atoms with van der Waals surface area (Å²) in [5.74, 6) is 1.16. The molecular weight excluding hydrogens is 200 g/mol. The summed E-state index contributed by atoms with van der Waals surface area (Å²) in [6.07, 6.45) is 3.39. The Morgan fingerprint density at radius 2 is 2.19 bits per heavy atom. The van der Waals surface area contributed by atoms with Gasteiger partial charge in [-0.05, 0) is 37.6 Å². The van der Waals surface area contributed by atoms with Crippen LogP contribution in [0.2, 0.25) is 0 Å². The summed E-state index contributed by atoms with van der Waals surface area (Å²) in [5.41, 5.74) is -0.425. The molecule has 0 aromatic heterocycles. The summed E-state index contributed by atoms with van der Waals surface area (Å²) in [6, 6.07) is 2.43. The molecule has 0 spiro atoms. The molecule has 0 aliphatic heterocycles. The Labute approximate surface area is 99.2 Å². The van der Waals surface area contributed by atoms with E-state index in [2.05, 4.69) is 25.2 Å². The number of ether oxygens (including phenoxy) is 1. The lowest BCUT2D eigenvalue weighted by atomic mass is 9.96. The number of hydrogen-bond acceptors (Lipinski definition) is 3. The average Bonchev–Trinajstić information content (AvgIpc) is 3.06. The number of nitriles is 1. The van der Waals surface area contributed by atoms with Gasteiger partial charge >= 0.3 is 0 Å². The van der Waals surface area contributed by atoms with Crippen LogP contribution in [0.15, 0.2) is 0 Å². The molecule has 92 valence electrons. The van der Waals surface area contributed by atoms with Crippen LogP contribution in [0, 0.1) is 23.2 Å². The Morgan fingerprint density at radius 3 is 2.62 bits per heavy atom. The normalized spacial score (nSPS) is 19.4. The second-order valence-electron chi connectivity index (χ2n) is 5.12. The fourth-order valence-corrected chi connectivity index (χ4v) is 1.92. The monoisotopic (exact) mass is 224 g/mol. The van der Waals surface area contributed by atoms with Crippen LogP contribution in [0.1, 0.15) is 40.0 Å². The van der Waals surface area contributed by atoms with E-state index in [0.29, 0.717) is 18.4 Å². The van der Waals surface area contributed by atoms with Gasteiger partial charge in [-0.25, -0.2) is 0 Å². The summed E-state index contributed by atoms with van der Waals surface area (Å²) in [6.45, 7) is 8.55. The number of hydrogen-bond donors (Lipinski definition) is 1. The van der Waals surface area contributed by atoms with Crippen LogP contribution in [0.25, 0.3) is 0 Å². The van der Waals surface area contributed by atoms with Crippen molar-refractivity contribution in [1.29, 1.82) is 5.26 Å². The molecule has 1 aliphatic carbocycles. The summed E-state index contributed by atoms with van der Waals surface area (Å²) in [5, 5.41) is 12.6. The minimum absolute atomic E-state index is 0.425. The van der Waals surface area contributed by atoms with E-state index in [1.807, 2.05) is 6.92 Å². The van der Waals surface area contributed by atoms with E-state index in [9.17, 15) is 5.26 Å². The largest absolute Gasteiger partial charge is 0.378 e. The highest BCUT2D eigenvalue weighted by molar-refractivity contribution is 5.15. The maximum atomic E-state index is 9.33. The smallest absolute Gasteiger partial charge is 0.133 e. The van der Waals surface area contributed by atoms with E-state index in [1.54, 1.807) is 0 Å². The minimum atomic E-state index is -0.425. The van der Waals surface area contributed by atoms with E-state index in [0.717, 1.165) is 32.4 Å². The summed E-state index contributed by atoms with van der Waals surface area (Å²) < 4.78 is 5.67. The fourth-order valence-electron chi connectivity index (χ4n) is 1.92. The first-order valence-electron chi connectivity index (χ1n) is 6.38. The van der Waals surface area contributed by atoms with E-state index < -0.39 is 5.54 Å². The minimum Gasteiger partial charge on any atom is -0.378 e. The van der Waals surface area contributed by atoms with Gasteiger partial charge in [-0.2, -0.15) is 5.26 Å². The summed E-state index contributed by atoms with van der Waals surface area (Å²) >= 11 is 0. The van der Waals surface area contributed by atoms with Gasteiger partial charge in [-0.15, -0.1) is 0 Å². The maximum absolute atomic E-state index is 9.33. The first-order chi connectivity index (χ1) is 7.64. The molecule has 1 atom stereocenters. The lowest BCUT2D eigenvalue weighted by molar-refractivity contribution is 0.0746. The van der Waals surface area contributed by atoms with Gasteiger partial charge in [0, 0.05) is 6.61 Å². The zero-order valence-electron chi connectivity index (χ0n) is 10.8. The molecule has 1 unspecified atom stereocenters. The van der Waals surface area contributed by atoms with Gasteiger partial charge in [-0.1, -0.05) is 20.8 Å². The number of likely N-dealkylation sites (N-methyl/N-ethyl adjacent to an activating group) is 1. The van der Waals surface area contributed by atoms with Crippen LogP contribution < -0.4 is 5.32 Å². The Balaban J connectivity index is 2.35. The SMILES string of the molecule is CCNC(C#N)(COCCC(C)C)C1CC1. The number of rotatable bonds is 8. The predicted molar refractivity (Wildman–Crippen MR) is 65.0 cm³/mol. The molecule has 3 nitrogen and oxygen atoms in total. The maximum Gasteiger partial charge on any atom is 0.133 e. The van der Waals surface area contributed by atoms with Crippen LogP contribution in [0.3, 0.4) is 0 Å². The van der Waals surface area contributed by atoms with Crippen LogP contribution in [-0.4, -0.2) is 25.3 Å². The molecule has 0 bridgehead atoms. The molecular formula is C13H24N2O. The molecule has 0 heterocycles. The van der Waals surface area contributed by atoms with Crippen LogP contribution in [0.5, 0.6) is 0 Å². The molecule has 0 aromatic carbocycles. The lowest BCUT2D eigenvalue weighted by Gasteiger charge is -2.27. The number of nitrogens with one attached hydrogen (secondary N) is 1. The highest BCUT2D eigenvalue weighted by atomic mass is 16.5. The van der Waals surface area contributed by atoms with E-state index in [1.165, 1.54) is 0 Å². The van der Waals surface area contributed by atoms with Crippen LogP contribution in [-0.2, 0) is 4.74 Å². The van der Waals surface area contributed by atoms with Gasteiger partial charge in [0.15, 0.2) is 0 Å². The van der Waals surface area contributed by atoms with Crippen molar-refractivity contribution in [2.75, 3.05) is 19.8 Å². The van der Waals surface area contributed by atoms with Crippen LogP contribution >= 0.6 is 0 Å². The molecule has 1 aliphatic rings. The van der Waals surface area contributed by atoms with Gasteiger partial charge in [-0.3, -0.25) is 5.32 Å². The molecule has 1 fully saturated rings. The van der Waals surface area contributed by atoms with E-state index in [-0.39, 0.29) is 0 Å². The van der Waals surface area contributed by atoms with Crippen molar-refractivity contribution in [2.24, 2.45) is 11.8 Å². The highest BCUT2D eigenvalue weighted by Crippen LogP contribution is 2.39. The third-order valence-corrected chi connectivity index (χ3v) is 3.14.